The van der Waals surface area contributed by atoms with E-state index >= 15 is 0 Å². The number of nitrogens with one attached hydrogen (secondary N) is 1. The van der Waals surface area contributed by atoms with Gasteiger partial charge in [0, 0.05) is 10.2 Å². The van der Waals surface area contributed by atoms with Crippen molar-refractivity contribution in [2.24, 2.45) is 0 Å². The molecule has 5 nitrogen and oxygen atoms in total. The van der Waals surface area contributed by atoms with Gasteiger partial charge in [-0.25, -0.2) is 0 Å². The van der Waals surface area contributed by atoms with Crippen LogP contribution >= 0.6 is 39.0 Å². The minimum absolute atomic E-state index is 0.0742. The first-order valence-electron chi connectivity index (χ1n) is 6.76. The maximum atomic E-state index is 11.9. The zero-order valence-electron chi connectivity index (χ0n) is 12.8. The van der Waals surface area contributed by atoms with Crippen molar-refractivity contribution in [1.82, 2.24) is 10.2 Å². The quantitative estimate of drug-likeness (QED) is 0.418. The van der Waals surface area contributed by atoms with Crippen molar-refractivity contribution >= 4 is 50.1 Å². The van der Waals surface area contributed by atoms with E-state index in [4.69, 9.17) is 4.74 Å². The normalized spacial score (nSPS) is 10.4. The Bertz CT molecular complexity index is 695. The molecule has 0 aliphatic rings. The molecule has 0 radical (unpaired) electrons. The van der Waals surface area contributed by atoms with E-state index in [1.54, 1.807) is 6.08 Å². The number of rotatable bonds is 7. The third-order valence-electron chi connectivity index (χ3n) is 2.76. The van der Waals surface area contributed by atoms with Gasteiger partial charge in [-0.05, 0) is 37.1 Å². The predicted molar refractivity (Wildman–Crippen MR) is 98.6 cm³/mol. The number of carbonyl (C=O) groups excluding carboxylic acids is 1. The molecule has 8 heteroatoms. The highest BCUT2D eigenvalue weighted by molar-refractivity contribution is 9.10. The summed E-state index contributed by atoms with van der Waals surface area (Å²) in [6.45, 7) is 7.53. The number of thioether (sulfide) groups is 1. The van der Waals surface area contributed by atoms with E-state index in [1.165, 1.54) is 23.1 Å². The minimum Gasteiger partial charge on any atom is -0.484 e. The third-order valence-corrected chi connectivity index (χ3v) is 5.98. The zero-order chi connectivity index (χ0) is 16.8. The van der Waals surface area contributed by atoms with Crippen LogP contribution < -0.4 is 10.1 Å². The second-order valence-electron chi connectivity index (χ2n) is 4.68. The Morgan fingerprint density at radius 3 is 2.78 bits per heavy atom. The van der Waals surface area contributed by atoms with Crippen LogP contribution in [0, 0.1) is 13.8 Å². The maximum Gasteiger partial charge on any atom is 0.264 e. The van der Waals surface area contributed by atoms with Gasteiger partial charge in [-0.3, -0.25) is 10.1 Å². The number of aryl methyl sites for hydroxylation is 2. The van der Waals surface area contributed by atoms with Gasteiger partial charge >= 0.3 is 0 Å². The van der Waals surface area contributed by atoms with Gasteiger partial charge in [0.05, 0.1) is 0 Å². The first kappa shape index (κ1) is 18.0. The maximum absolute atomic E-state index is 11.9. The fraction of sp³-hybridized carbons (Fsp3) is 0.267. The largest absolute Gasteiger partial charge is 0.484 e. The molecule has 2 aromatic rings. The molecule has 0 fully saturated rings. The number of benzene rings is 1. The van der Waals surface area contributed by atoms with Crippen LogP contribution in [0.15, 0.2) is 33.6 Å². The van der Waals surface area contributed by atoms with E-state index in [-0.39, 0.29) is 12.5 Å². The zero-order valence-corrected chi connectivity index (χ0v) is 16.0. The first-order chi connectivity index (χ1) is 11.0. The van der Waals surface area contributed by atoms with Crippen molar-refractivity contribution in [3.63, 3.8) is 0 Å². The Balaban J connectivity index is 1.87. The molecule has 0 aliphatic carbocycles. The lowest BCUT2D eigenvalue weighted by Crippen LogP contribution is -2.20. The Morgan fingerprint density at radius 2 is 2.13 bits per heavy atom. The average Bonchev–Trinajstić information content (AvgIpc) is 2.95. The highest BCUT2D eigenvalue weighted by Crippen LogP contribution is 2.27. The van der Waals surface area contributed by atoms with Crippen LogP contribution in [-0.4, -0.2) is 28.5 Å². The van der Waals surface area contributed by atoms with E-state index in [2.05, 4.69) is 38.0 Å². The van der Waals surface area contributed by atoms with Gasteiger partial charge in [-0.1, -0.05) is 45.1 Å². The van der Waals surface area contributed by atoms with Crippen molar-refractivity contribution in [2.45, 2.75) is 18.2 Å². The summed E-state index contributed by atoms with van der Waals surface area (Å²) in [6.07, 6.45) is 1.79. The number of aromatic nitrogens is 2. The number of hydrogen-bond donors (Lipinski definition) is 1. The molecule has 0 saturated heterocycles. The molecule has 0 bridgehead atoms. The fourth-order valence-corrected chi connectivity index (χ4v) is 3.50. The molecule has 1 heterocycles. The van der Waals surface area contributed by atoms with Gasteiger partial charge in [0.1, 0.15) is 5.75 Å². The summed E-state index contributed by atoms with van der Waals surface area (Å²) < 4.78 is 7.37. The summed E-state index contributed by atoms with van der Waals surface area (Å²) in [5.74, 6) is 1.16. The number of carbonyl (C=O) groups is 1. The number of halogens is 1. The topological polar surface area (TPSA) is 64.1 Å². The van der Waals surface area contributed by atoms with Gasteiger partial charge < -0.3 is 4.74 Å². The van der Waals surface area contributed by atoms with Crippen molar-refractivity contribution < 1.29 is 9.53 Å². The predicted octanol–water partition coefficient (Wildman–Crippen LogP) is 4.21. The summed E-state index contributed by atoms with van der Waals surface area (Å²) in [4.78, 5) is 11.9. The summed E-state index contributed by atoms with van der Waals surface area (Å²) >= 11 is 6.35. The second kappa shape index (κ2) is 8.47. The van der Waals surface area contributed by atoms with Crippen LogP contribution in [0.5, 0.6) is 5.75 Å². The Morgan fingerprint density at radius 1 is 1.43 bits per heavy atom. The molecule has 23 heavy (non-hydrogen) atoms. The SMILES string of the molecule is C=CCSc1nnc(NC(=O)COc2cc(C)c(Br)c(C)c2)s1. The van der Waals surface area contributed by atoms with E-state index < -0.39 is 0 Å². The highest BCUT2D eigenvalue weighted by Gasteiger charge is 2.10. The van der Waals surface area contributed by atoms with Gasteiger partial charge in [0.25, 0.3) is 5.91 Å². The monoisotopic (exact) mass is 413 g/mol. The van der Waals surface area contributed by atoms with E-state index in [1.807, 2.05) is 26.0 Å². The van der Waals surface area contributed by atoms with Crippen LogP contribution in [0.4, 0.5) is 5.13 Å². The summed E-state index contributed by atoms with van der Waals surface area (Å²) in [6, 6.07) is 3.78. The molecule has 1 N–H and O–H groups in total. The van der Waals surface area contributed by atoms with Gasteiger partial charge in [0.2, 0.25) is 5.13 Å². The molecular weight excluding hydrogens is 398 g/mol. The third kappa shape index (κ3) is 5.33. The minimum atomic E-state index is -0.264. The van der Waals surface area contributed by atoms with E-state index in [0.29, 0.717) is 10.9 Å². The van der Waals surface area contributed by atoms with Crippen molar-refractivity contribution in [3.8, 4) is 5.75 Å². The Hall–Kier alpha value is -1.38. The molecule has 0 unspecified atom stereocenters. The van der Waals surface area contributed by atoms with E-state index in [9.17, 15) is 4.79 Å². The van der Waals surface area contributed by atoms with Crippen LogP contribution in [-0.2, 0) is 4.79 Å². The number of anilines is 1. The van der Waals surface area contributed by atoms with Gasteiger partial charge in [0.15, 0.2) is 10.9 Å². The van der Waals surface area contributed by atoms with Gasteiger partial charge in [-0.15, -0.1) is 16.8 Å². The van der Waals surface area contributed by atoms with Crippen molar-refractivity contribution in [3.05, 3.63) is 40.4 Å². The smallest absolute Gasteiger partial charge is 0.264 e. The molecule has 1 amide bonds. The van der Waals surface area contributed by atoms with Crippen LogP contribution in [0.3, 0.4) is 0 Å². The van der Waals surface area contributed by atoms with Crippen LogP contribution in [0.1, 0.15) is 11.1 Å². The molecule has 0 saturated carbocycles. The lowest BCUT2D eigenvalue weighted by Gasteiger charge is -2.09. The standard InChI is InChI=1S/C15H16BrN3O2S2/c1-4-5-22-15-19-18-14(23-15)17-12(20)8-21-11-6-9(2)13(16)10(3)7-11/h4,6-7H,1,5,8H2,2-3H3,(H,17,18,20). The lowest BCUT2D eigenvalue weighted by molar-refractivity contribution is -0.118. The number of amides is 1. The highest BCUT2D eigenvalue weighted by atomic mass is 79.9. The van der Waals surface area contributed by atoms with Gasteiger partial charge in [-0.2, -0.15) is 0 Å². The number of ether oxygens (including phenoxy) is 1. The summed E-state index contributed by atoms with van der Waals surface area (Å²) in [5, 5.41) is 11.1. The molecule has 0 spiro atoms. The fourth-order valence-electron chi connectivity index (χ4n) is 1.74. The molecule has 0 aliphatic heterocycles. The first-order valence-corrected chi connectivity index (χ1v) is 9.35. The Kier molecular flexibility index (Phi) is 6.61. The van der Waals surface area contributed by atoms with Crippen LogP contribution in [0.2, 0.25) is 0 Å². The van der Waals surface area contributed by atoms with Crippen LogP contribution in [0.25, 0.3) is 0 Å². The summed E-state index contributed by atoms with van der Waals surface area (Å²) in [5.41, 5.74) is 2.13. The molecule has 0 atom stereocenters. The summed E-state index contributed by atoms with van der Waals surface area (Å²) in [7, 11) is 0. The molecular formula is C15H16BrN3O2S2. The number of nitrogens with zero attached hydrogens (tertiary/aromatic N) is 2. The molecule has 122 valence electrons. The number of hydrogen-bond acceptors (Lipinski definition) is 6. The van der Waals surface area contributed by atoms with Crippen molar-refractivity contribution in [1.29, 1.82) is 0 Å². The molecule has 2 rings (SSSR count). The molecule has 1 aromatic heterocycles. The average molecular weight is 414 g/mol. The Labute approximate surface area is 151 Å². The lowest BCUT2D eigenvalue weighted by atomic mass is 10.1. The van der Waals surface area contributed by atoms with Crippen molar-refractivity contribution in [2.75, 3.05) is 17.7 Å². The molecule has 1 aromatic carbocycles. The second-order valence-corrected chi connectivity index (χ2v) is 7.72. The van der Waals surface area contributed by atoms with E-state index in [0.717, 1.165) is 25.7 Å².